The third-order valence-electron chi connectivity index (χ3n) is 2.46. The van der Waals surface area contributed by atoms with Crippen molar-refractivity contribution >= 4 is 27.3 Å². The Hall–Kier alpha value is -1.58. The number of hydrogen-bond donors (Lipinski definition) is 2. The molecule has 0 unspecified atom stereocenters. The lowest BCUT2D eigenvalue weighted by molar-refractivity contribution is 0.601. The molecule has 2 aromatic rings. The third kappa shape index (κ3) is 3.06. The average Bonchev–Trinajstić information content (AvgIpc) is 2.83. The second kappa shape index (κ2) is 5.19. The van der Waals surface area contributed by atoms with E-state index in [9.17, 15) is 8.42 Å². The van der Waals surface area contributed by atoms with Crippen LogP contribution in [-0.4, -0.2) is 23.6 Å². The van der Waals surface area contributed by atoms with Crippen LogP contribution in [-0.2, 0) is 16.6 Å². The van der Waals surface area contributed by atoms with Crippen LogP contribution in [0.3, 0.4) is 0 Å². The lowest BCUT2D eigenvalue weighted by Gasteiger charge is -2.05. The molecule has 0 aromatic carbocycles. The molecule has 2 rings (SSSR count). The summed E-state index contributed by atoms with van der Waals surface area (Å²) in [4.78, 5) is 4.97. The van der Waals surface area contributed by atoms with Crippen molar-refractivity contribution in [1.29, 1.82) is 0 Å². The largest absolute Gasteiger partial charge is 0.326 e. The highest BCUT2D eigenvalue weighted by atomic mass is 32.2. The zero-order valence-corrected chi connectivity index (χ0v) is 12.0. The Morgan fingerprint density at radius 2 is 2.05 bits per heavy atom. The highest BCUT2D eigenvalue weighted by Crippen LogP contribution is 2.20. The molecule has 0 aliphatic carbocycles. The van der Waals surface area contributed by atoms with E-state index >= 15 is 0 Å². The summed E-state index contributed by atoms with van der Waals surface area (Å²) in [6, 6.07) is 1.53. The van der Waals surface area contributed by atoms with Gasteiger partial charge < -0.3 is 5.73 Å². The second-order valence-corrected chi connectivity index (χ2v) is 6.54. The van der Waals surface area contributed by atoms with Gasteiger partial charge in [-0.25, -0.2) is 18.1 Å². The zero-order valence-electron chi connectivity index (χ0n) is 10.4. The van der Waals surface area contributed by atoms with Gasteiger partial charge in [-0.3, -0.25) is 0 Å². The van der Waals surface area contributed by atoms with E-state index < -0.39 is 10.0 Å². The van der Waals surface area contributed by atoms with E-state index in [1.165, 1.54) is 22.8 Å². The number of rotatable bonds is 4. The van der Waals surface area contributed by atoms with Crippen LogP contribution < -0.4 is 10.5 Å². The lowest BCUT2D eigenvalue weighted by Crippen LogP contribution is -2.15. The molecule has 0 amide bonds. The van der Waals surface area contributed by atoms with Crippen LogP contribution in [0.5, 0.6) is 0 Å². The van der Waals surface area contributed by atoms with Gasteiger partial charge >= 0.3 is 0 Å². The normalized spacial score (nSPS) is 11.5. The van der Waals surface area contributed by atoms with Crippen molar-refractivity contribution in [3.63, 3.8) is 0 Å². The van der Waals surface area contributed by atoms with Gasteiger partial charge in [-0.1, -0.05) is 0 Å². The van der Waals surface area contributed by atoms with Gasteiger partial charge in [0, 0.05) is 16.8 Å². The molecule has 0 radical (unpaired) electrons. The maximum atomic E-state index is 12.1. The van der Waals surface area contributed by atoms with E-state index in [0.29, 0.717) is 17.9 Å². The number of nitrogens with two attached hydrogens (primary N) is 1. The molecular formula is C10H13N5O2S2. The van der Waals surface area contributed by atoms with Gasteiger partial charge in [-0.05, 0) is 19.9 Å². The third-order valence-corrected chi connectivity index (χ3v) is 4.87. The van der Waals surface area contributed by atoms with E-state index in [-0.39, 0.29) is 10.8 Å². The first-order valence-corrected chi connectivity index (χ1v) is 7.77. The quantitative estimate of drug-likeness (QED) is 0.864. The summed E-state index contributed by atoms with van der Waals surface area (Å²) in [5.41, 5.74) is 6.74. The van der Waals surface area contributed by atoms with E-state index in [2.05, 4.69) is 19.9 Å². The van der Waals surface area contributed by atoms with E-state index in [4.69, 9.17) is 5.73 Å². The summed E-state index contributed by atoms with van der Waals surface area (Å²) in [6.07, 6.45) is 0. The molecule has 0 spiro atoms. The molecule has 0 bridgehead atoms. The van der Waals surface area contributed by atoms with E-state index in [1.807, 2.05) is 0 Å². The second-order valence-electron chi connectivity index (χ2n) is 3.86. The molecule has 9 heteroatoms. The number of hydrogen-bond acceptors (Lipinski definition) is 7. The highest BCUT2D eigenvalue weighted by Gasteiger charge is 2.18. The average molecular weight is 299 g/mol. The highest BCUT2D eigenvalue weighted by molar-refractivity contribution is 7.92. The smallest absolute Gasteiger partial charge is 0.265 e. The van der Waals surface area contributed by atoms with Gasteiger partial charge in [0.15, 0.2) is 0 Å². The van der Waals surface area contributed by atoms with Gasteiger partial charge in [0.2, 0.25) is 0 Å². The van der Waals surface area contributed by atoms with Gasteiger partial charge in [-0.15, -0.1) is 16.4 Å². The van der Waals surface area contributed by atoms with Crippen LogP contribution in [0.2, 0.25) is 0 Å². The van der Waals surface area contributed by atoms with Crippen molar-refractivity contribution in [2.45, 2.75) is 25.3 Å². The van der Waals surface area contributed by atoms with E-state index in [1.54, 1.807) is 13.8 Å². The summed E-state index contributed by atoms with van der Waals surface area (Å²) < 4.78 is 26.4. The number of aryl methyl sites for hydroxylation is 2. The van der Waals surface area contributed by atoms with Crippen molar-refractivity contribution in [2.75, 3.05) is 4.72 Å². The molecule has 0 atom stereocenters. The first-order valence-electron chi connectivity index (χ1n) is 5.40. The van der Waals surface area contributed by atoms with Crippen molar-refractivity contribution in [1.82, 2.24) is 15.2 Å². The van der Waals surface area contributed by atoms with Crippen LogP contribution in [0.1, 0.15) is 16.3 Å². The number of anilines is 1. The fourth-order valence-corrected chi connectivity index (χ4v) is 3.38. The maximum absolute atomic E-state index is 12.1. The van der Waals surface area contributed by atoms with Crippen molar-refractivity contribution in [3.05, 3.63) is 27.7 Å². The summed E-state index contributed by atoms with van der Waals surface area (Å²) in [7, 11) is -3.69. The topological polar surface area (TPSA) is 111 Å². The van der Waals surface area contributed by atoms with Gasteiger partial charge in [0.1, 0.15) is 0 Å². The molecule has 0 saturated heterocycles. The molecule has 19 heavy (non-hydrogen) atoms. The Balaban J connectivity index is 2.28. The molecule has 7 nitrogen and oxygen atoms in total. The monoisotopic (exact) mass is 299 g/mol. The SMILES string of the molecule is Cc1nnc(NS(=O)(=O)c2csc(CN)c2)nc1C. The zero-order chi connectivity index (χ0) is 14.0. The minimum atomic E-state index is -3.69. The van der Waals surface area contributed by atoms with Crippen LogP contribution in [0, 0.1) is 13.8 Å². The molecule has 3 N–H and O–H groups in total. The van der Waals surface area contributed by atoms with Gasteiger partial charge in [0.25, 0.3) is 16.0 Å². The van der Waals surface area contributed by atoms with E-state index in [0.717, 1.165) is 4.88 Å². The summed E-state index contributed by atoms with van der Waals surface area (Å²) in [6.45, 7) is 3.79. The predicted octanol–water partition coefficient (Wildman–Crippen LogP) is 0.809. The predicted molar refractivity (Wildman–Crippen MR) is 72.3 cm³/mol. The Morgan fingerprint density at radius 3 is 2.63 bits per heavy atom. The first-order chi connectivity index (χ1) is 8.92. The number of thiophene rings is 1. The van der Waals surface area contributed by atoms with Gasteiger partial charge in [0.05, 0.1) is 16.3 Å². The fourth-order valence-electron chi connectivity index (χ4n) is 1.29. The molecule has 0 aliphatic rings. The number of nitrogens with zero attached hydrogens (tertiary/aromatic N) is 3. The standard InChI is InChI=1S/C10H13N5O2S2/c1-6-7(2)13-14-10(12-6)15-19(16,17)9-3-8(4-11)18-5-9/h3,5H,4,11H2,1-2H3,(H,12,14,15). The van der Waals surface area contributed by atoms with Crippen molar-refractivity contribution < 1.29 is 8.42 Å². The molecule has 2 heterocycles. The van der Waals surface area contributed by atoms with Crippen LogP contribution in [0.15, 0.2) is 16.3 Å². The Labute approximate surface area is 115 Å². The number of sulfonamides is 1. The minimum Gasteiger partial charge on any atom is -0.326 e. The summed E-state index contributed by atoms with van der Waals surface area (Å²) in [5.74, 6) is -0.0383. The fraction of sp³-hybridized carbons (Fsp3) is 0.300. The first kappa shape index (κ1) is 13.8. The molecule has 0 aliphatic heterocycles. The van der Waals surface area contributed by atoms with Crippen molar-refractivity contribution in [2.24, 2.45) is 5.73 Å². The summed E-state index contributed by atoms with van der Waals surface area (Å²) >= 11 is 1.29. The molecular weight excluding hydrogens is 286 g/mol. The van der Waals surface area contributed by atoms with Crippen LogP contribution in [0.25, 0.3) is 0 Å². The molecule has 0 fully saturated rings. The lowest BCUT2D eigenvalue weighted by atomic mass is 10.4. The molecule has 0 saturated carbocycles. The van der Waals surface area contributed by atoms with Gasteiger partial charge in [-0.2, -0.15) is 5.10 Å². The molecule has 2 aromatic heterocycles. The van der Waals surface area contributed by atoms with Crippen LogP contribution in [0.4, 0.5) is 5.95 Å². The van der Waals surface area contributed by atoms with Crippen LogP contribution >= 0.6 is 11.3 Å². The number of aromatic nitrogens is 3. The maximum Gasteiger partial charge on any atom is 0.265 e. The molecule has 102 valence electrons. The minimum absolute atomic E-state index is 0.0383. The Bertz CT molecular complexity index is 696. The van der Waals surface area contributed by atoms with Crippen molar-refractivity contribution in [3.8, 4) is 0 Å². The Morgan fingerprint density at radius 1 is 1.32 bits per heavy atom. The summed E-state index contributed by atoms with van der Waals surface area (Å²) in [5, 5.41) is 9.05. The number of nitrogens with one attached hydrogen (secondary N) is 1. The Kier molecular flexibility index (Phi) is 3.78.